The molecular weight excluding hydrogens is 364 g/mol. The van der Waals surface area contributed by atoms with Crippen molar-refractivity contribution in [1.29, 1.82) is 0 Å². The largest absolute Gasteiger partial charge is 0.463 e. The number of benzene rings is 2. The van der Waals surface area contributed by atoms with Gasteiger partial charge in [0.15, 0.2) is 0 Å². The minimum atomic E-state index is -0.186. The van der Waals surface area contributed by atoms with Crippen molar-refractivity contribution in [2.75, 3.05) is 18.4 Å². The Hall–Kier alpha value is -2.66. The Morgan fingerprint density at radius 3 is 2.24 bits per heavy atom. The van der Waals surface area contributed by atoms with E-state index in [1.54, 1.807) is 0 Å². The summed E-state index contributed by atoms with van der Waals surface area (Å²) in [5, 5.41) is 6.22. The highest BCUT2D eigenvalue weighted by Gasteiger charge is 2.06. The van der Waals surface area contributed by atoms with Gasteiger partial charge in [-0.3, -0.25) is 9.59 Å². The molecule has 2 rings (SSSR count). The SMILES string of the molecule is CC(C)OC(=O)CCc1ccc(NC(=O)CCNCCCc2ccccc2)cc1. The number of hydrogen-bond acceptors (Lipinski definition) is 4. The van der Waals surface area contributed by atoms with E-state index < -0.39 is 0 Å². The summed E-state index contributed by atoms with van der Waals surface area (Å²) in [5.74, 6) is -0.192. The lowest BCUT2D eigenvalue weighted by molar-refractivity contribution is -0.147. The number of esters is 1. The lowest BCUT2D eigenvalue weighted by atomic mass is 10.1. The Bertz CT molecular complexity index is 742. The fraction of sp³-hybridized carbons (Fsp3) is 0.417. The molecule has 0 heterocycles. The molecule has 1 amide bonds. The second-order valence-electron chi connectivity index (χ2n) is 7.37. The van der Waals surface area contributed by atoms with E-state index in [9.17, 15) is 9.59 Å². The molecule has 5 nitrogen and oxygen atoms in total. The molecule has 0 bridgehead atoms. The van der Waals surface area contributed by atoms with Gasteiger partial charge in [0.2, 0.25) is 5.91 Å². The molecule has 2 N–H and O–H groups in total. The van der Waals surface area contributed by atoms with Crippen molar-refractivity contribution in [3.8, 4) is 0 Å². The van der Waals surface area contributed by atoms with E-state index in [4.69, 9.17) is 4.74 Å². The summed E-state index contributed by atoms with van der Waals surface area (Å²) in [5.41, 5.74) is 3.16. The van der Waals surface area contributed by atoms with E-state index in [1.165, 1.54) is 5.56 Å². The molecule has 0 radical (unpaired) electrons. The number of carbonyl (C=O) groups excluding carboxylic acids is 2. The molecule has 0 atom stereocenters. The first kappa shape index (κ1) is 22.6. The van der Waals surface area contributed by atoms with Crippen LogP contribution in [0.4, 0.5) is 5.69 Å². The first-order valence-electron chi connectivity index (χ1n) is 10.4. The van der Waals surface area contributed by atoms with E-state index in [2.05, 4.69) is 34.9 Å². The average molecular weight is 397 g/mol. The van der Waals surface area contributed by atoms with Gasteiger partial charge < -0.3 is 15.4 Å². The Morgan fingerprint density at radius 1 is 0.862 bits per heavy atom. The summed E-state index contributed by atoms with van der Waals surface area (Å²) >= 11 is 0. The lowest BCUT2D eigenvalue weighted by Gasteiger charge is -2.09. The Balaban J connectivity index is 1.58. The number of rotatable bonds is 12. The van der Waals surface area contributed by atoms with E-state index >= 15 is 0 Å². The minimum absolute atomic E-state index is 0.00572. The Morgan fingerprint density at radius 2 is 1.55 bits per heavy atom. The molecule has 0 saturated carbocycles. The summed E-state index contributed by atoms with van der Waals surface area (Å²) in [4.78, 5) is 23.6. The van der Waals surface area contributed by atoms with Crippen molar-refractivity contribution in [3.63, 3.8) is 0 Å². The number of carbonyl (C=O) groups is 2. The molecule has 0 aliphatic carbocycles. The van der Waals surface area contributed by atoms with Gasteiger partial charge in [0.05, 0.1) is 6.10 Å². The first-order valence-corrected chi connectivity index (χ1v) is 10.4. The average Bonchev–Trinajstić information content (AvgIpc) is 2.70. The van der Waals surface area contributed by atoms with E-state index in [0.717, 1.165) is 30.6 Å². The maximum absolute atomic E-state index is 12.1. The molecule has 0 aromatic heterocycles. The van der Waals surface area contributed by atoms with Crippen molar-refractivity contribution in [1.82, 2.24) is 5.32 Å². The van der Waals surface area contributed by atoms with Crippen molar-refractivity contribution in [2.24, 2.45) is 0 Å². The van der Waals surface area contributed by atoms with Crippen LogP contribution in [0.1, 0.15) is 44.2 Å². The van der Waals surface area contributed by atoms with Gasteiger partial charge in [0, 0.05) is 25.1 Å². The maximum Gasteiger partial charge on any atom is 0.306 e. The van der Waals surface area contributed by atoms with Gasteiger partial charge in [0.25, 0.3) is 0 Å². The summed E-state index contributed by atoms with van der Waals surface area (Å²) in [6.45, 7) is 5.25. The molecule has 0 fully saturated rings. The number of anilines is 1. The summed E-state index contributed by atoms with van der Waals surface area (Å²) in [6, 6.07) is 18.0. The monoisotopic (exact) mass is 396 g/mol. The van der Waals surface area contributed by atoms with Crippen LogP contribution in [0.3, 0.4) is 0 Å². The number of nitrogens with one attached hydrogen (secondary N) is 2. The number of hydrogen-bond donors (Lipinski definition) is 2. The van der Waals surface area contributed by atoms with E-state index in [1.807, 2.05) is 44.2 Å². The first-order chi connectivity index (χ1) is 14.0. The van der Waals surface area contributed by atoms with Crippen molar-refractivity contribution in [2.45, 2.75) is 52.1 Å². The molecule has 0 aliphatic rings. The van der Waals surface area contributed by atoms with Gasteiger partial charge in [-0.15, -0.1) is 0 Å². The zero-order chi connectivity index (χ0) is 20.9. The van der Waals surface area contributed by atoms with Crippen molar-refractivity contribution >= 4 is 17.6 Å². The smallest absolute Gasteiger partial charge is 0.306 e. The van der Waals surface area contributed by atoms with Crippen LogP contribution in [0.25, 0.3) is 0 Å². The van der Waals surface area contributed by atoms with Crippen LogP contribution < -0.4 is 10.6 Å². The quantitative estimate of drug-likeness (QED) is 0.418. The van der Waals surface area contributed by atoms with Crippen molar-refractivity contribution in [3.05, 3.63) is 65.7 Å². The second kappa shape index (κ2) is 12.7. The fourth-order valence-electron chi connectivity index (χ4n) is 2.94. The standard InChI is InChI=1S/C24H32N2O3/c1-19(2)29-24(28)15-12-21-10-13-22(14-11-21)26-23(27)16-18-25-17-6-9-20-7-4-3-5-8-20/h3-5,7-8,10-11,13-14,19,25H,6,9,12,15-18H2,1-2H3,(H,26,27). The van der Waals surface area contributed by atoms with Gasteiger partial charge >= 0.3 is 5.97 Å². The second-order valence-corrected chi connectivity index (χ2v) is 7.37. The highest BCUT2D eigenvalue weighted by atomic mass is 16.5. The van der Waals surface area contributed by atoms with Crippen LogP contribution in [0, 0.1) is 0 Å². The molecule has 5 heteroatoms. The summed E-state index contributed by atoms with van der Waals surface area (Å²) in [6.07, 6.45) is 3.44. The van der Waals surface area contributed by atoms with Crippen LogP contribution in [0.5, 0.6) is 0 Å². The molecule has 0 unspecified atom stereocenters. The molecule has 2 aromatic carbocycles. The molecule has 2 aromatic rings. The van der Waals surface area contributed by atoms with Crippen LogP contribution >= 0.6 is 0 Å². The molecule has 0 saturated heterocycles. The van der Waals surface area contributed by atoms with Gasteiger partial charge in [-0.1, -0.05) is 42.5 Å². The molecule has 29 heavy (non-hydrogen) atoms. The zero-order valence-corrected chi connectivity index (χ0v) is 17.4. The van der Waals surface area contributed by atoms with Crippen LogP contribution in [-0.2, 0) is 27.2 Å². The van der Waals surface area contributed by atoms with Crippen LogP contribution in [-0.4, -0.2) is 31.1 Å². The predicted octanol–water partition coefficient (Wildman–Crippen LogP) is 4.12. The Kier molecular flexibility index (Phi) is 9.93. The minimum Gasteiger partial charge on any atom is -0.463 e. The molecule has 156 valence electrons. The van der Waals surface area contributed by atoms with Crippen LogP contribution in [0.15, 0.2) is 54.6 Å². The van der Waals surface area contributed by atoms with Gasteiger partial charge in [-0.2, -0.15) is 0 Å². The number of aryl methyl sites for hydroxylation is 2. The number of amides is 1. The maximum atomic E-state index is 12.1. The van der Waals surface area contributed by atoms with Gasteiger partial charge in [-0.25, -0.2) is 0 Å². The highest BCUT2D eigenvalue weighted by molar-refractivity contribution is 5.90. The summed E-state index contributed by atoms with van der Waals surface area (Å²) in [7, 11) is 0. The molecule has 0 aliphatic heterocycles. The van der Waals surface area contributed by atoms with Crippen LogP contribution in [0.2, 0.25) is 0 Å². The summed E-state index contributed by atoms with van der Waals surface area (Å²) < 4.78 is 5.13. The molecule has 0 spiro atoms. The molecular formula is C24H32N2O3. The predicted molar refractivity (Wildman–Crippen MR) is 117 cm³/mol. The third-order valence-corrected chi connectivity index (χ3v) is 4.41. The topological polar surface area (TPSA) is 67.4 Å². The normalized spacial score (nSPS) is 10.7. The van der Waals surface area contributed by atoms with Gasteiger partial charge in [0.1, 0.15) is 0 Å². The Labute approximate surface area is 173 Å². The van der Waals surface area contributed by atoms with E-state index in [0.29, 0.717) is 25.8 Å². The fourth-order valence-corrected chi connectivity index (χ4v) is 2.94. The number of ether oxygens (including phenoxy) is 1. The highest BCUT2D eigenvalue weighted by Crippen LogP contribution is 2.12. The lowest BCUT2D eigenvalue weighted by Crippen LogP contribution is -2.22. The zero-order valence-electron chi connectivity index (χ0n) is 17.4. The van der Waals surface area contributed by atoms with E-state index in [-0.39, 0.29) is 18.0 Å². The van der Waals surface area contributed by atoms with Crippen molar-refractivity contribution < 1.29 is 14.3 Å². The van der Waals surface area contributed by atoms with Gasteiger partial charge in [-0.05, 0) is 62.9 Å². The third-order valence-electron chi connectivity index (χ3n) is 4.41. The third kappa shape index (κ3) is 9.90.